The minimum absolute atomic E-state index is 0. The fraction of sp³-hybridized carbons (Fsp3) is 0.444. The molecule has 0 aliphatic heterocycles. The maximum atomic E-state index is 6.11. The molecule has 6 nitrogen and oxygen atoms in total. The number of aromatic nitrogens is 1. The summed E-state index contributed by atoms with van der Waals surface area (Å²) in [5, 5.41) is 7.17. The Morgan fingerprint density at radius 3 is 2.82 bits per heavy atom. The number of nitrogens with zero attached hydrogens (tertiary/aromatic N) is 3. The second-order valence-corrected chi connectivity index (χ2v) is 7.46. The molecule has 1 heterocycles. The molecule has 1 atom stereocenters. The number of thiazole rings is 1. The summed E-state index contributed by atoms with van der Waals surface area (Å²) in [5.41, 5.74) is 0.978. The smallest absolute Gasteiger partial charge is 0.193 e. The van der Waals surface area contributed by atoms with Crippen molar-refractivity contribution in [1.82, 2.24) is 15.2 Å². The molecule has 156 valence electrons. The third-order valence-corrected chi connectivity index (χ3v) is 5.66. The van der Waals surface area contributed by atoms with Crippen LogP contribution in [0, 0.1) is 0 Å². The molecule has 1 unspecified atom stereocenters. The van der Waals surface area contributed by atoms with Crippen LogP contribution in [0.1, 0.15) is 23.7 Å². The number of rotatable bonds is 8. The highest BCUT2D eigenvalue weighted by Crippen LogP contribution is 2.31. The van der Waals surface area contributed by atoms with Crippen molar-refractivity contribution < 1.29 is 9.47 Å². The largest absolute Gasteiger partial charge is 0.490 e. The second-order valence-electron chi connectivity index (χ2n) is 5.79. The third-order valence-electron chi connectivity index (χ3n) is 3.80. The first-order valence-corrected chi connectivity index (χ1v) is 10.1. The number of nitrogens with one attached hydrogen (secondary N) is 1. The lowest BCUT2D eigenvalue weighted by atomic mass is 10.3. The van der Waals surface area contributed by atoms with Gasteiger partial charge in [0, 0.05) is 26.6 Å². The van der Waals surface area contributed by atoms with Gasteiger partial charge in [-0.15, -0.1) is 35.3 Å². The van der Waals surface area contributed by atoms with Crippen molar-refractivity contribution in [3.63, 3.8) is 0 Å². The van der Waals surface area contributed by atoms with Gasteiger partial charge in [-0.3, -0.25) is 4.99 Å². The number of aliphatic imine (C=N–C) groups is 1. The topological polar surface area (TPSA) is 59.0 Å². The molecule has 1 N–H and O–H groups in total. The number of benzene rings is 1. The van der Waals surface area contributed by atoms with Crippen molar-refractivity contribution >= 4 is 64.5 Å². The normalized spacial score (nSPS) is 12.3. The van der Waals surface area contributed by atoms with Crippen LogP contribution in [0.2, 0.25) is 10.0 Å². The predicted molar refractivity (Wildman–Crippen MR) is 128 cm³/mol. The fourth-order valence-corrected chi connectivity index (χ4v) is 3.49. The van der Waals surface area contributed by atoms with Crippen molar-refractivity contribution in [2.45, 2.75) is 19.6 Å². The van der Waals surface area contributed by atoms with Gasteiger partial charge in [-0.25, -0.2) is 4.98 Å². The van der Waals surface area contributed by atoms with Gasteiger partial charge in [0.2, 0.25) is 0 Å². The Morgan fingerprint density at radius 1 is 1.39 bits per heavy atom. The lowest BCUT2D eigenvalue weighted by Crippen LogP contribution is -2.40. The van der Waals surface area contributed by atoms with Gasteiger partial charge in [-0.05, 0) is 19.1 Å². The molecular formula is C18H25Cl2IN4O2S. The molecule has 0 aliphatic rings. The number of halogens is 3. The molecule has 0 amide bonds. The quantitative estimate of drug-likeness (QED) is 0.217. The van der Waals surface area contributed by atoms with Crippen molar-refractivity contribution in [2.24, 2.45) is 4.99 Å². The molecule has 0 fully saturated rings. The van der Waals surface area contributed by atoms with Crippen LogP contribution in [-0.2, 0) is 11.3 Å². The van der Waals surface area contributed by atoms with Crippen LogP contribution in [0.5, 0.6) is 5.75 Å². The first kappa shape index (κ1) is 25.2. The van der Waals surface area contributed by atoms with E-state index in [-0.39, 0.29) is 30.1 Å². The Hall–Kier alpha value is -0.810. The van der Waals surface area contributed by atoms with Crippen molar-refractivity contribution in [1.29, 1.82) is 0 Å². The Labute approximate surface area is 197 Å². The van der Waals surface area contributed by atoms with E-state index in [1.54, 1.807) is 43.7 Å². The van der Waals surface area contributed by atoms with Gasteiger partial charge in [0.1, 0.15) is 28.5 Å². The van der Waals surface area contributed by atoms with E-state index in [1.807, 2.05) is 24.3 Å². The first-order valence-electron chi connectivity index (χ1n) is 8.42. The monoisotopic (exact) mass is 558 g/mol. The van der Waals surface area contributed by atoms with E-state index >= 15 is 0 Å². The Kier molecular flexibility index (Phi) is 11.4. The van der Waals surface area contributed by atoms with Crippen molar-refractivity contribution in [3.05, 3.63) is 44.3 Å². The molecular weight excluding hydrogens is 534 g/mol. The van der Waals surface area contributed by atoms with Crippen LogP contribution in [0.3, 0.4) is 0 Å². The van der Waals surface area contributed by atoms with Gasteiger partial charge in [0.25, 0.3) is 0 Å². The number of hydrogen-bond donors (Lipinski definition) is 1. The summed E-state index contributed by atoms with van der Waals surface area (Å²) in [6, 6.07) is 5.31. The maximum absolute atomic E-state index is 6.11. The highest BCUT2D eigenvalue weighted by atomic mass is 127. The van der Waals surface area contributed by atoms with Gasteiger partial charge in [-0.2, -0.15) is 0 Å². The van der Waals surface area contributed by atoms with Crippen LogP contribution in [0.15, 0.2) is 28.6 Å². The molecule has 2 aromatic rings. The molecule has 0 spiro atoms. The maximum Gasteiger partial charge on any atom is 0.193 e. The summed E-state index contributed by atoms with van der Waals surface area (Å²) in [6.07, 6.45) is 0.00181. The zero-order valence-electron chi connectivity index (χ0n) is 16.2. The highest BCUT2D eigenvalue weighted by Gasteiger charge is 2.12. The molecule has 2 rings (SSSR count). The average molecular weight is 559 g/mol. The minimum Gasteiger partial charge on any atom is -0.490 e. The number of ether oxygens (including phenoxy) is 2. The minimum atomic E-state index is 0. The molecule has 1 aromatic heterocycles. The lowest BCUT2D eigenvalue weighted by molar-refractivity contribution is 0.119. The van der Waals surface area contributed by atoms with Gasteiger partial charge < -0.3 is 19.7 Å². The van der Waals surface area contributed by atoms with E-state index in [2.05, 4.69) is 15.3 Å². The Balaban J connectivity index is 0.00000392. The summed E-state index contributed by atoms with van der Waals surface area (Å²) >= 11 is 13.7. The molecule has 0 saturated carbocycles. The van der Waals surface area contributed by atoms with Gasteiger partial charge >= 0.3 is 0 Å². The second kappa shape index (κ2) is 12.7. The van der Waals surface area contributed by atoms with Crippen LogP contribution in [0.25, 0.3) is 0 Å². The number of hydrogen-bond acceptors (Lipinski definition) is 5. The van der Waals surface area contributed by atoms with E-state index in [4.69, 9.17) is 32.7 Å². The first-order chi connectivity index (χ1) is 13.0. The summed E-state index contributed by atoms with van der Waals surface area (Å²) < 4.78 is 11.0. The van der Waals surface area contributed by atoms with Crippen LogP contribution in [0.4, 0.5) is 0 Å². The van der Waals surface area contributed by atoms with Gasteiger partial charge in [0.05, 0.1) is 23.8 Å². The Bertz CT molecular complexity index is 776. The number of guanidine groups is 1. The van der Waals surface area contributed by atoms with E-state index < -0.39 is 0 Å². The fourth-order valence-electron chi connectivity index (χ4n) is 2.30. The summed E-state index contributed by atoms with van der Waals surface area (Å²) in [4.78, 5) is 10.9. The Morgan fingerprint density at radius 2 is 2.14 bits per heavy atom. The van der Waals surface area contributed by atoms with Crippen LogP contribution in [-0.4, -0.2) is 50.2 Å². The molecule has 28 heavy (non-hydrogen) atoms. The zero-order chi connectivity index (χ0) is 19.8. The summed E-state index contributed by atoms with van der Waals surface area (Å²) in [6.45, 7) is 3.63. The molecule has 0 radical (unpaired) electrons. The van der Waals surface area contributed by atoms with E-state index in [0.717, 1.165) is 16.7 Å². The third kappa shape index (κ3) is 7.22. The summed E-state index contributed by atoms with van der Waals surface area (Å²) in [5.74, 6) is 1.32. The van der Waals surface area contributed by atoms with Gasteiger partial charge in [-0.1, -0.05) is 29.3 Å². The van der Waals surface area contributed by atoms with E-state index in [1.165, 1.54) is 0 Å². The average Bonchev–Trinajstić information content (AvgIpc) is 3.12. The molecule has 0 bridgehead atoms. The van der Waals surface area contributed by atoms with E-state index in [9.17, 15) is 0 Å². The molecule has 0 saturated heterocycles. The SMILES string of the molecule is CN=C(NCCOc1cccc(Cl)c1Cl)N(C)Cc1csc(C(C)OC)n1.I. The van der Waals surface area contributed by atoms with Crippen LogP contribution >= 0.6 is 58.5 Å². The standard InChI is InChI=1S/C18H24Cl2N4O2S.HI/c1-12(25-4)17-23-13(11-27-17)10-24(3)18(21-2)22-8-9-26-15-7-5-6-14(19)16(15)20;/h5-7,11-12H,8-10H2,1-4H3,(H,21,22);1H. The molecule has 10 heteroatoms. The zero-order valence-corrected chi connectivity index (χ0v) is 20.9. The number of methoxy groups -OCH3 is 1. The summed E-state index contributed by atoms with van der Waals surface area (Å²) in [7, 11) is 5.39. The van der Waals surface area contributed by atoms with Gasteiger partial charge in [0.15, 0.2) is 5.96 Å². The van der Waals surface area contributed by atoms with E-state index in [0.29, 0.717) is 35.5 Å². The highest BCUT2D eigenvalue weighted by molar-refractivity contribution is 14.0. The predicted octanol–water partition coefficient (Wildman–Crippen LogP) is 4.86. The van der Waals surface area contributed by atoms with Crippen molar-refractivity contribution in [2.75, 3.05) is 34.4 Å². The molecule has 0 aliphatic carbocycles. The van der Waals surface area contributed by atoms with Crippen molar-refractivity contribution in [3.8, 4) is 5.75 Å². The molecule has 1 aromatic carbocycles. The van der Waals surface area contributed by atoms with Crippen LogP contribution < -0.4 is 10.1 Å². The lowest BCUT2D eigenvalue weighted by Gasteiger charge is -2.21.